The Bertz CT molecular complexity index is 918. The van der Waals surface area contributed by atoms with Gasteiger partial charge in [0, 0.05) is 22.5 Å². The molecule has 0 fully saturated rings. The zero-order valence-electron chi connectivity index (χ0n) is 15.3. The molecule has 0 bridgehead atoms. The van der Waals surface area contributed by atoms with Crippen molar-refractivity contribution in [1.29, 1.82) is 0 Å². The quantitative estimate of drug-likeness (QED) is 0.394. The molecule has 5 nitrogen and oxygen atoms in total. The van der Waals surface area contributed by atoms with Crippen molar-refractivity contribution in [3.05, 3.63) is 79.0 Å². The fourth-order valence-corrected chi connectivity index (χ4v) is 3.46. The molecule has 1 amide bonds. The van der Waals surface area contributed by atoms with Crippen molar-refractivity contribution in [1.82, 2.24) is 4.98 Å². The minimum Gasteiger partial charge on any atom is -0.332 e. The van der Waals surface area contributed by atoms with E-state index in [2.05, 4.69) is 20.9 Å². The molecule has 2 aromatic carbocycles. The third-order valence-electron chi connectivity index (χ3n) is 3.74. The third kappa shape index (κ3) is 6.07. The second-order valence-electron chi connectivity index (χ2n) is 5.93. The lowest BCUT2D eigenvalue weighted by atomic mass is 10.3. The minimum atomic E-state index is -0.248. The van der Waals surface area contributed by atoms with Crippen LogP contribution in [-0.4, -0.2) is 21.3 Å². The number of thioether (sulfide) groups is 1. The van der Waals surface area contributed by atoms with Crippen molar-refractivity contribution in [3.8, 4) is 0 Å². The van der Waals surface area contributed by atoms with Crippen LogP contribution in [0.25, 0.3) is 0 Å². The Kier molecular flexibility index (Phi) is 7.00. The lowest BCUT2D eigenvalue weighted by Crippen LogP contribution is -2.22. The Hall–Kier alpha value is -2.90. The number of para-hydroxylation sites is 1. The largest absolute Gasteiger partial charge is 0.332 e. The number of carbonyl (C=O) groups is 1. The SMILES string of the molecule is CC(Sc1ccc(NC(=S)Nc2ccccc2)cc1)C(=O)Nc1ccccn1. The molecule has 3 aromatic rings. The van der Waals surface area contributed by atoms with Crippen LogP contribution in [0.2, 0.25) is 0 Å². The summed E-state index contributed by atoms with van der Waals surface area (Å²) in [6.07, 6.45) is 1.65. The Morgan fingerprint density at radius 1 is 0.893 bits per heavy atom. The molecular weight excluding hydrogens is 388 g/mol. The second-order valence-corrected chi connectivity index (χ2v) is 7.76. The number of nitrogens with zero attached hydrogens (tertiary/aromatic N) is 1. The van der Waals surface area contributed by atoms with Gasteiger partial charge in [-0.2, -0.15) is 0 Å². The maximum Gasteiger partial charge on any atom is 0.238 e. The fourth-order valence-electron chi connectivity index (χ4n) is 2.35. The Balaban J connectivity index is 1.51. The van der Waals surface area contributed by atoms with Crippen molar-refractivity contribution in [2.75, 3.05) is 16.0 Å². The summed E-state index contributed by atoms with van der Waals surface area (Å²) in [4.78, 5) is 17.4. The summed E-state index contributed by atoms with van der Waals surface area (Å²) in [6, 6.07) is 23.0. The molecule has 0 aliphatic heterocycles. The predicted molar refractivity (Wildman–Crippen MR) is 121 cm³/mol. The summed E-state index contributed by atoms with van der Waals surface area (Å²) >= 11 is 6.82. The van der Waals surface area contributed by atoms with Gasteiger partial charge in [-0.05, 0) is 67.7 Å². The summed E-state index contributed by atoms with van der Waals surface area (Å²) in [6.45, 7) is 1.87. The normalized spacial score (nSPS) is 11.3. The summed E-state index contributed by atoms with van der Waals surface area (Å²) in [5.74, 6) is 0.470. The van der Waals surface area contributed by atoms with Gasteiger partial charge in [0.05, 0.1) is 5.25 Å². The third-order valence-corrected chi connectivity index (χ3v) is 5.06. The first-order valence-corrected chi connectivity index (χ1v) is 10.0. The standard InChI is InChI=1S/C21H20N4OS2/c1-15(20(26)25-19-9-5-6-14-22-19)28-18-12-10-17(11-13-18)24-21(27)23-16-7-3-2-4-8-16/h2-15H,1H3,(H,22,25,26)(H2,23,24,27). The predicted octanol–water partition coefficient (Wildman–Crippen LogP) is 5.01. The van der Waals surface area contributed by atoms with E-state index >= 15 is 0 Å². The van der Waals surface area contributed by atoms with Gasteiger partial charge >= 0.3 is 0 Å². The highest BCUT2D eigenvalue weighted by Gasteiger charge is 2.15. The average molecular weight is 409 g/mol. The number of rotatable bonds is 6. The molecule has 0 aliphatic carbocycles. The van der Waals surface area contributed by atoms with Crippen LogP contribution in [0, 0.1) is 0 Å². The molecule has 1 unspecified atom stereocenters. The monoisotopic (exact) mass is 408 g/mol. The van der Waals surface area contributed by atoms with Gasteiger partial charge in [-0.1, -0.05) is 24.3 Å². The van der Waals surface area contributed by atoms with Crippen LogP contribution in [0.5, 0.6) is 0 Å². The van der Waals surface area contributed by atoms with E-state index < -0.39 is 0 Å². The van der Waals surface area contributed by atoms with Crippen LogP contribution in [0.4, 0.5) is 17.2 Å². The van der Waals surface area contributed by atoms with Gasteiger partial charge in [0.15, 0.2) is 5.11 Å². The molecule has 3 N–H and O–H groups in total. The lowest BCUT2D eigenvalue weighted by Gasteiger charge is -2.13. The highest BCUT2D eigenvalue weighted by atomic mass is 32.2. The number of carbonyl (C=O) groups excluding carboxylic acids is 1. The van der Waals surface area contributed by atoms with E-state index in [9.17, 15) is 4.79 Å². The topological polar surface area (TPSA) is 66.0 Å². The number of thiocarbonyl (C=S) groups is 1. The molecular formula is C21H20N4OS2. The minimum absolute atomic E-state index is 0.0841. The fraction of sp³-hybridized carbons (Fsp3) is 0.0952. The molecule has 0 saturated heterocycles. The van der Waals surface area contributed by atoms with E-state index in [1.165, 1.54) is 11.8 Å². The first-order chi connectivity index (χ1) is 13.6. The van der Waals surface area contributed by atoms with Crippen LogP contribution in [-0.2, 0) is 4.79 Å². The number of pyridine rings is 1. The zero-order chi connectivity index (χ0) is 19.8. The van der Waals surface area contributed by atoms with Crippen molar-refractivity contribution in [2.24, 2.45) is 0 Å². The number of anilines is 3. The number of hydrogen-bond donors (Lipinski definition) is 3. The van der Waals surface area contributed by atoms with Gasteiger partial charge in [-0.15, -0.1) is 11.8 Å². The maximum atomic E-state index is 12.3. The van der Waals surface area contributed by atoms with Gasteiger partial charge in [-0.3, -0.25) is 4.79 Å². The van der Waals surface area contributed by atoms with Crippen LogP contribution in [0.15, 0.2) is 83.9 Å². The van der Waals surface area contributed by atoms with Crippen molar-refractivity contribution in [3.63, 3.8) is 0 Å². The Labute approximate surface area is 174 Å². The Morgan fingerprint density at radius 3 is 2.18 bits per heavy atom. The van der Waals surface area contributed by atoms with E-state index in [4.69, 9.17) is 12.2 Å². The van der Waals surface area contributed by atoms with Gasteiger partial charge < -0.3 is 16.0 Å². The van der Waals surface area contributed by atoms with E-state index in [0.717, 1.165) is 16.3 Å². The van der Waals surface area contributed by atoms with Crippen LogP contribution in [0.1, 0.15) is 6.92 Å². The summed E-state index contributed by atoms with van der Waals surface area (Å²) in [5, 5.41) is 9.37. The summed E-state index contributed by atoms with van der Waals surface area (Å²) < 4.78 is 0. The van der Waals surface area contributed by atoms with Gasteiger partial charge in [-0.25, -0.2) is 4.98 Å². The van der Waals surface area contributed by atoms with Crippen LogP contribution < -0.4 is 16.0 Å². The summed E-state index contributed by atoms with van der Waals surface area (Å²) in [5.41, 5.74) is 1.81. The lowest BCUT2D eigenvalue weighted by molar-refractivity contribution is -0.115. The molecule has 0 spiro atoms. The molecule has 0 saturated carbocycles. The number of nitrogens with one attached hydrogen (secondary N) is 3. The van der Waals surface area contributed by atoms with Crippen molar-refractivity contribution >= 4 is 52.2 Å². The van der Waals surface area contributed by atoms with Crippen molar-refractivity contribution in [2.45, 2.75) is 17.1 Å². The van der Waals surface area contributed by atoms with Crippen LogP contribution in [0.3, 0.4) is 0 Å². The second kappa shape index (κ2) is 9.87. The van der Waals surface area contributed by atoms with E-state index in [0.29, 0.717) is 10.9 Å². The molecule has 0 radical (unpaired) electrons. The molecule has 1 atom stereocenters. The molecule has 3 rings (SSSR count). The molecule has 28 heavy (non-hydrogen) atoms. The van der Waals surface area contributed by atoms with Crippen LogP contribution >= 0.6 is 24.0 Å². The number of hydrogen-bond acceptors (Lipinski definition) is 4. The molecule has 142 valence electrons. The highest BCUT2D eigenvalue weighted by Crippen LogP contribution is 2.25. The number of aromatic nitrogens is 1. The van der Waals surface area contributed by atoms with Gasteiger partial charge in [0.25, 0.3) is 0 Å². The molecule has 7 heteroatoms. The first kappa shape index (κ1) is 19.9. The first-order valence-electron chi connectivity index (χ1n) is 8.72. The number of amides is 1. The molecule has 0 aliphatic rings. The van der Waals surface area contributed by atoms with E-state index in [1.807, 2.05) is 73.7 Å². The van der Waals surface area contributed by atoms with Crippen molar-refractivity contribution < 1.29 is 4.79 Å². The highest BCUT2D eigenvalue weighted by molar-refractivity contribution is 8.00. The molecule has 1 aromatic heterocycles. The maximum absolute atomic E-state index is 12.3. The summed E-state index contributed by atoms with van der Waals surface area (Å²) in [7, 11) is 0. The van der Waals surface area contributed by atoms with E-state index in [1.54, 1.807) is 12.3 Å². The zero-order valence-corrected chi connectivity index (χ0v) is 16.9. The van der Waals surface area contributed by atoms with Gasteiger partial charge in [0.2, 0.25) is 5.91 Å². The average Bonchev–Trinajstić information content (AvgIpc) is 2.71. The van der Waals surface area contributed by atoms with Gasteiger partial charge in [0.1, 0.15) is 5.82 Å². The Morgan fingerprint density at radius 2 is 1.54 bits per heavy atom. The smallest absolute Gasteiger partial charge is 0.238 e. The molecule has 1 heterocycles. The number of benzene rings is 2. The van der Waals surface area contributed by atoms with E-state index in [-0.39, 0.29) is 11.2 Å².